The van der Waals surface area contributed by atoms with Crippen LogP contribution in [0.3, 0.4) is 0 Å². The van der Waals surface area contributed by atoms with Gasteiger partial charge in [-0.2, -0.15) is 0 Å². The number of hydrogen-bond donors (Lipinski definition) is 0. The van der Waals surface area contributed by atoms with Crippen molar-refractivity contribution in [2.24, 2.45) is 0 Å². The Hall–Kier alpha value is -2.86. The van der Waals surface area contributed by atoms with Crippen LogP contribution < -0.4 is 9.47 Å². The summed E-state index contributed by atoms with van der Waals surface area (Å²) in [7, 11) is 3.22. The normalized spacial score (nSPS) is 10.4. The van der Waals surface area contributed by atoms with Gasteiger partial charge in [-0.15, -0.1) is 11.3 Å². The van der Waals surface area contributed by atoms with E-state index in [1.165, 1.54) is 0 Å². The number of pyridine rings is 1. The summed E-state index contributed by atoms with van der Waals surface area (Å²) in [6.45, 7) is 0.992. The summed E-state index contributed by atoms with van der Waals surface area (Å²) in [5.41, 5.74) is 1.98. The Bertz CT molecular complexity index is 866. The van der Waals surface area contributed by atoms with E-state index in [1.807, 2.05) is 52.7 Å². The molecule has 0 atom stereocenters. The van der Waals surface area contributed by atoms with Crippen LogP contribution in [0.2, 0.25) is 0 Å². The fourth-order valence-corrected chi connectivity index (χ4v) is 3.51. The fourth-order valence-electron chi connectivity index (χ4n) is 2.82. The molecule has 1 amide bonds. The molecule has 6 heteroatoms. The molecular formula is C21H22N2O3S. The number of hydrogen-bond acceptors (Lipinski definition) is 5. The van der Waals surface area contributed by atoms with E-state index in [1.54, 1.807) is 38.0 Å². The first-order chi connectivity index (χ1) is 13.2. The van der Waals surface area contributed by atoms with Crippen LogP contribution >= 0.6 is 11.3 Å². The Morgan fingerprint density at radius 3 is 2.52 bits per heavy atom. The van der Waals surface area contributed by atoms with Crippen molar-refractivity contribution in [2.45, 2.75) is 19.5 Å². The van der Waals surface area contributed by atoms with Crippen LogP contribution in [0.15, 0.2) is 60.2 Å². The minimum atomic E-state index is 0.0797. The molecule has 0 N–H and O–H groups in total. The number of methoxy groups -OCH3 is 2. The van der Waals surface area contributed by atoms with Gasteiger partial charge in [-0.05, 0) is 40.8 Å². The number of ether oxygens (including phenoxy) is 2. The van der Waals surface area contributed by atoms with Gasteiger partial charge < -0.3 is 14.4 Å². The summed E-state index contributed by atoms with van der Waals surface area (Å²) in [6, 6.07) is 13.5. The Balaban J connectivity index is 1.81. The second-order valence-electron chi connectivity index (χ2n) is 6.06. The number of nitrogens with zero attached hydrogens (tertiary/aromatic N) is 2. The van der Waals surface area contributed by atoms with Crippen molar-refractivity contribution >= 4 is 17.2 Å². The van der Waals surface area contributed by atoms with Crippen LogP contribution in [-0.4, -0.2) is 30.0 Å². The Morgan fingerprint density at radius 2 is 1.85 bits per heavy atom. The minimum absolute atomic E-state index is 0.0797. The quantitative estimate of drug-likeness (QED) is 0.592. The molecule has 0 aliphatic heterocycles. The maximum absolute atomic E-state index is 13.0. The molecule has 0 unspecified atom stereocenters. The number of rotatable bonds is 8. The van der Waals surface area contributed by atoms with Gasteiger partial charge in [0.15, 0.2) is 11.5 Å². The lowest BCUT2D eigenvalue weighted by atomic mass is 10.1. The Labute approximate surface area is 163 Å². The average Bonchev–Trinajstić information content (AvgIpc) is 3.21. The number of benzene rings is 1. The molecule has 0 radical (unpaired) electrons. The fraction of sp³-hybridized carbons (Fsp3) is 0.238. The minimum Gasteiger partial charge on any atom is -0.493 e. The summed E-state index contributed by atoms with van der Waals surface area (Å²) >= 11 is 1.60. The summed E-state index contributed by atoms with van der Waals surface area (Å²) in [5, 5.41) is 1.99. The number of carbonyl (C=O) groups excluding carboxylic acids is 1. The second-order valence-corrected chi connectivity index (χ2v) is 7.09. The predicted octanol–water partition coefficient (Wildman–Crippen LogP) is 3.93. The van der Waals surface area contributed by atoms with Crippen molar-refractivity contribution in [3.8, 4) is 11.5 Å². The average molecular weight is 382 g/mol. The van der Waals surface area contributed by atoms with Crippen LogP contribution in [0, 0.1) is 0 Å². The van der Waals surface area contributed by atoms with Gasteiger partial charge in [0.2, 0.25) is 5.91 Å². The summed E-state index contributed by atoms with van der Waals surface area (Å²) in [5.74, 6) is 1.41. The molecule has 5 nitrogen and oxygen atoms in total. The van der Waals surface area contributed by atoms with Gasteiger partial charge in [0, 0.05) is 30.4 Å². The van der Waals surface area contributed by atoms with Crippen LogP contribution in [0.1, 0.15) is 16.0 Å². The van der Waals surface area contributed by atoms with E-state index in [2.05, 4.69) is 4.98 Å². The Kier molecular flexibility index (Phi) is 6.44. The standard InChI is InChI=1S/C21H22N2O3S/c1-25-19-8-7-16(11-20(19)26-2)14-23(15-17-5-3-9-22-13-17)21(24)12-18-6-4-10-27-18/h3-11,13H,12,14-15H2,1-2H3. The van der Waals surface area contributed by atoms with E-state index in [-0.39, 0.29) is 5.91 Å². The molecule has 0 aliphatic rings. The molecule has 0 saturated carbocycles. The first-order valence-electron chi connectivity index (χ1n) is 8.59. The van der Waals surface area contributed by atoms with E-state index < -0.39 is 0 Å². The van der Waals surface area contributed by atoms with Gasteiger partial charge in [0.05, 0.1) is 20.6 Å². The van der Waals surface area contributed by atoms with E-state index >= 15 is 0 Å². The third kappa shape index (κ3) is 5.08. The van der Waals surface area contributed by atoms with Gasteiger partial charge in [-0.3, -0.25) is 9.78 Å². The molecular weight excluding hydrogens is 360 g/mol. The van der Waals surface area contributed by atoms with E-state index in [9.17, 15) is 4.79 Å². The van der Waals surface area contributed by atoms with Gasteiger partial charge in [-0.25, -0.2) is 0 Å². The molecule has 0 fully saturated rings. The maximum atomic E-state index is 13.0. The number of carbonyl (C=O) groups is 1. The molecule has 0 spiro atoms. The highest BCUT2D eigenvalue weighted by Crippen LogP contribution is 2.28. The molecule has 3 rings (SSSR count). The van der Waals surface area contributed by atoms with Crippen molar-refractivity contribution in [1.82, 2.24) is 9.88 Å². The molecule has 140 valence electrons. The highest BCUT2D eigenvalue weighted by Gasteiger charge is 2.17. The molecule has 0 aliphatic carbocycles. The SMILES string of the molecule is COc1ccc(CN(Cc2cccnc2)C(=O)Cc2cccs2)cc1OC. The molecule has 27 heavy (non-hydrogen) atoms. The molecule has 0 bridgehead atoms. The lowest BCUT2D eigenvalue weighted by Crippen LogP contribution is -2.31. The molecule has 3 aromatic rings. The van der Waals surface area contributed by atoms with Gasteiger partial charge in [0.25, 0.3) is 0 Å². The van der Waals surface area contributed by atoms with Gasteiger partial charge in [0.1, 0.15) is 0 Å². The third-order valence-electron chi connectivity index (χ3n) is 4.18. The van der Waals surface area contributed by atoms with Crippen molar-refractivity contribution in [1.29, 1.82) is 0 Å². The lowest BCUT2D eigenvalue weighted by molar-refractivity contribution is -0.131. The number of aromatic nitrogens is 1. The molecule has 2 aromatic heterocycles. The van der Waals surface area contributed by atoms with Crippen molar-refractivity contribution in [2.75, 3.05) is 14.2 Å². The van der Waals surface area contributed by atoms with Crippen molar-refractivity contribution in [3.05, 3.63) is 76.2 Å². The van der Waals surface area contributed by atoms with Crippen LogP contribution in [0.4, 0.5) is 0 Å². The predicted molar refractivity (Wildman–Crippen MR) is 106 cm³/mol. The van der Waals surface area contributed by atoms with Crippen LogP contribution in [-0.2, 0) is 24.3 Å². The molecule has 1 aromatic carbocycles. The maximum Gasteiger partial charge on any atom is 0.228 e. The van der Waals surface area contributed by atoms with E-state index in [4.69, 9.17) is 9.47 Å². The number of thiophene rings is 1. The second kappa shape index (κ2) is 9.19. The first kappa shape index (κ1) is 18.9. The summed E-state index contributed by atoms with van der Waals surface area (Å²) in [4.78, 5) is 20.0. The number of amides is 1. The van der Waals surface area contributed by atoms with Gasteiger partial charge in [-0.1, -0.05) is 18.2 Å². The smallest absolute Gasteiger partial charge is 0.228 e. The molecule has 2 heterocycles. The zero-order valence-electron chi connectivity index (χ0n) is 15.4. The third-order valence-corrected chi connectivity index (χ3v) is 5.05. The zero-order chi connectivity index (χ0) is 19.1. The topological polar surface area (TPSA) is 51.7 Å². The van der Waals surface area contributed by atoms with E-state index in [0.717, 1.165) is 16.0 Å². The molecule has 0 saturated heterocycles. The Morgan fingerprint density at radius 1 is 1.04 bits per heavy atom. The summed E-state index contributed by atoms with van der Waals surface area (Å²) in [6.07, 6.45) is 3.92. The summed E-state index contributed by atoms with van der Waals surface area (Å²) < 4.78 is 10.7. The van der Waals surface area contributed by atoms with Crippen molar-refractivity contribution in [3.63, 3.8) is 0 Å². The first-order valence-corrected chi connectivity index (χ1v) is 9.47. The monoisotopic (exact) mass is 382 g/mol. The van der Waals surface area contributed by atoms with E-state index in [0.29, 0.717) is 31.0 Å². The van der Waals surface area contributed by atoms with Crippen molar-refractivity contribution < 1.29 is 14.3 Å². The largest absolute Gasteiger partial charge is 0.493 e. The highest BCUT2D eigenvalue weighted by atomic mass is 32.1. The van der Waals surface area contributed by atoms with Gasteiger partial charge >= 0.3 is 0 Å². The lowest BCUT2D eigenvalue weighted by Gasteiger charge is -2.23. The van der Waals surface area contributed by atoms with Crippen LogP contribution in [0.25, 0.3) is 0 Å². The zero-order valence-corrected chi connectivity index (χ0v) is 16.2. The highest BCUT2D eigenvalue weighted by molar-refractivity contribution is 7.10. The van der Waals surface area contributed by atoms with Crippen LogP contribution in [0.5, 0.6) is 11.5 Å².